The first kappa shape index (κ1) is 8.84. The van der Waals surface area contributed by atoms with E-state index in [0.29, 0.717) is 0 Å². The van der Waals surface area contributed by atoms with Gasteiger partial charge in [-0.2, -0.15) is 0 Å². The normalized spacial score (nSPS) is 11.9. The quantitative estimate of drug-likeness (QED) is 0.623. The van der Waals surface area contributed by atoms with E-state index in [2.05, 4.69) is 22.5 Å². The molecule has 1 aromatic rings. The Hall–Kier alpha value is -1.25. The summed E-state index contributed by atoms with van der Waals surface area (Å²) in [7, 11) is 0. The van der Waals surface area contributed by atoms with Crippen molar-refractivity contribution in [3.63, 3.8) is 0 Å². The number of rotatable bonds is 0. The second-order valence-electron chi connectivity index (χ2n) is 2.38. The molecule has 68 valence electrons. The minimum atomic E-state index is 0. The molecule has 1 aliphatic heterocycles. The number of aryl methyl sites for hydroxylation is 1. The molecule has 0 amide bonds. The molecule has 12 heavy (non-hydrogen) atoms. The van der Waals surface area contributed by atoms with E-state index < -0.39 is 0 Å². The average molecular weight is 167 g/mol. The van der Waals surface area contributed by atoms with Gasteiger partial charge in [0.05, 0.1) is 12.4 Å². The summed E-state index contributed by atoms with van der Waals surface area (Å²) < 4.78 is 0. The lowest BCUT2D eigenvalue weighted by molar-refractivity contribution is 1.27. The first-order valence-electron chi connectivity index (χ1n) is 4.31. The van der Waals surface area contributed by atoms with Crippen molar-refractivity contribution >= 4 is 11.5 Å². The number of pyridine rings is 1. The average Bonchev–Trinajstić information content (AvgIpc) is 2.57. The van der Waals surface area contributed by atoms with Crippen molar-refractivity contribution in [1.82, 2.24) is 4.98 Å². The summed E-state index contributed by atoms with van der Waals surface area (Å²) in [5.74, 6) is 0.972. The lowest BCUT2D eigenvalue weighted by atomic mass is 10.2. The molecule has 0 radical (unpaired) electrons. The number of nitrogens with one attached hydrogen (secondary N) is 2. The summed E-state index contributed by atoms with van der Waals surface area (Å²) in [4.78, 5) is 4.15. The fourth-order valence-electron chi connectivity index (χ4n) is 1.13. The van der Waals surface area contributed by atoms with Gasteiger partial charge in [-0.25, -0.2) is 4.98 Å². The van der Waals surface area contributed by atoms with Crippen molar-refractivity contribution in [2.75, 3.05) is 17.3 Å². The highest BCUT2D eigenvalue weighted by Gasteiger charge is 2.10. The van der Waals surface area contributed by atoms with Crippen LogP contribution in [0.4, 0.5) is 11.5 Å². The van der Waals surface area contributed by atoms with Gasteiger partial charge in [0.15, 0.2) is 5.82 Å². The topological polar surface area (TPSA) is 37.0 Å². The molecule has 1 aliphatic rings. The van der Waals surface area contributed by atoms with E-state index in [-0.39, 0.29) is 1.43 Å². The molecule has 0 spiro atoms. The minimum Gasteiger partial charge on any atom is -0.365 e. The molecular weight excluding hydrogens is 150 g/mol. The monoisotopic (exact) mass is 167 g/mol. The van der Waals surface area contributed by atoms with Crippen molar-refractivity contribution in [3.8, 4) is 0 Å². The van der Waals surface area contributed by atoms with Crippen LogP contribution in [0.15, 0.2) is 12.3 Å². The smallest absolute Gasteiger partial charge is 0.151 e. The molecular formula is C9H17N3. The molecule has 3 nitrogen and oxygen atoms in total. The standard InChI is InChI=1S/C7H9N3.C2H6.H2/c1-5-2-3-8-7-6(5)9-4-10-7;1-2;/h2-3,9H,4H2,1H3,(H,8,10);1-2H3;1H. The lowest BCUT2D eigenvalue weighted by Crippen LogP contribution is -1.99. The Morgan fingerprint density at radius 1 is 1.42 bits per heavy atom. The number of hydrogen-bond donors (Lipinski definition) is 2. The van der Waals surface area contributed by atoms with E-state index in [1.165, 1.54) is 5.56 Å². The van der Waals surface area contributed by atoms with Crippen LogP contribution in [-0.2, 0) is 0 Å². The first-order chi connectivity index (χ1) is 5.88. The van der Waals surface area contributed by atoms with Gasteiger partial charge in [0.25, 0.3) is 0 Å². The number of hydrogen-bond acceptors (Lipinski definition) is 3. The van der Waals surface area contributed by atoms with Gasteiger partial charge in [0, 0.05) is 7.62 Å². The number of nitrogens with zero attached hydrogens (tertiary/aromatic N) is 1. The Labute approximate surface area is 74.7 Å². The van der Waals surface area contributed by atoms with Crippen molar-refractivity contribution in [3.05, 3.63) is 17.8 Å². The van der Waals surface area contributed by atoms with E-state index in [1.807, 2.05) is 26.1 Å². The number of aromatic nitrogens is 1. The highest BCUT2D eigenvalue weighted by molar-refractivity contribution is 5.72. The Bertz CT molecular complexity index is 263. The van der Waals surface area contributed by atoms with Gasteiger partial charge in [-0.15, -0.1) is 0 Å². The summed E-state index contributed by atoms with van der Waals surface area (Å²) >= 11 is 0. The van der Waals surface area contributed by atoms with Gasteiger partial charge in [0.1, 0.15) is 0 Å². The Balaban J connectivity index is 0.000000451. The van der Waals surface area contributed by atoms with Crippen molar-refractivity contribution in [2.45, 2.75) is 20.8 Å². The third-order valence-electron chi connectivity index (χ3n) is 1.68. The highest BCUT2D eigenvalue weighted by Crippen LogP contribution is 2.25. The van der Waals surface area contributed by atoms with Crippen LogP contribution in [-0.4, -0.2) is 11.7 Å². The Kier molecular flexibility index (Phi) is 2.91. The fraction of sp³-hybridized carbons (Fsp3) is 0.444. The zero-order chi connectivity index (χ0) is 8.97. The first-order valence-corrected chi connectivity index (χ1v) is 4.31. The van der Waals surface area contributed by atoms with Gasteiger partial charge in [0.2, 0.25) is 0 Å². The molecule has 2 N–H and O–H groups in total. The fourth-order valence-corrected chi connectivity index (χ4v) is 1.13. The van der Waals surface area contributed by atoms with Crippen LogP contribution >= 0.6 is 0 Å². The maximum Gasteiger partial charge on any atom is 0.151 e. The Morgan fingerprint density at radius 2 is 2.17 bits per heavy atom. The Morgan fingerprint density at radius 3 is 2.83 bits per heavy atom. The molecule has 0 aromatic carbocycles. The van der Waals surface area contributed by atoms with Gasteiger partial charge >= 0.3 is 0 Å². The van der Waals surface area contributed by atoms with Crippen LogP contribution in [0, 0.1) is 6.92 Å². The number of anilines is 2. The minimum absolute atomic E-state index is 0. The zero-order valence-electron chi connectivity index (χ0n) is 7.81. The van der Waals surface area contributed by atoms with Crippen LogP contribution in [0.2, 0.25) is 0 Å². The van der Waals surface area contributed by atoms with Crippen molar-refractivity contribution < 1.29 is 1.43 Å². The molecule has 0 saturated carbocycles. The predicted octanol–water partition coefficient (Wildman–Crippen LogP) is 2.46. The molecule has 1 aromatic heterocycles. The SMILES string of the molecule is CC.Cc1ccnc2c1NCN2.[HH]. The molecule has 0 fully saturated rings. The third-order valence-corrected chi connectivity index (χ3v) is 1.68. The summed E-state index contributed by atoms with van der Waals surface area (Å²) in [6.45, 7) is 6.87. The van der Waals surface area contributed by atoms with E-state index in [4.69, 9.17) is 0 Å². The highest BCUT2D eigenvalue weighted by atomic mass is 15.2. The predicted molar refractivity (Wildman–Crippen MR) is 54.5 cm³/mol. The lowest BCUT2D eigenvalue weighted by Gasteiger charge is -1.99. The van der Waals surface area contributed by atoms with Crippen LogP contribution in [0.5, 0.6) is 0 Å². The molecule has 0 saturated heterocycles. The summed E-state index contributed by atoms with van der Waals surface area (Å²) in [6, 6.07) is 2.00. The molecule has 0 unspecified atom stereocenters. The maximum atomic E-state index is 4.15. The van der Waals surface area contributed by atoms with Gasteiger partial charge in [-0.1, -0.05) is 13.8 Å². The van der Waals surface area contributed by atoms with Crippen LogP contribution in [0.25, 0.3) is 0 Å². The van der Waals surface area contributed by atoms with Crippen LogP contribution in [0.1, 0.15) is 20.8 Å². The van der Waals surface area contributed by atoms with Gasteiger partial charge in [-0.3, -0.25) is 0 Å². The number of fused-ring (bicyclic) bond motifs is 1. The van der Waals surface area contributed by atoms with Crippen molar-refractivity contribution in [1.29, 1.82) is 0 Å². The van der Waals surface area contributed by atoms with Gasteiger partial charge < -0.3 is 10.6 Å². The van der Waals surface area contributed by atoms with E-state index in [9.17, 15) is 0 Å². The molecule has 3 heteroatoms. The molecule has 0 atom stereocenters. The molecule has 2 heterocycles. The molecule has 2 rings (SSSR count). The van der Waals surface area contributed by atoms with Crippen LogP contribution < -0.4 is 10.6 Å². The summed E-state index contributed by atoms with van der Waals surface area (Å²) in [6.07, 6.45) is 1.81. The second kappa shape index (κ2) is 3.95. The van der Waals surface area contributed by atoms with Crippen LogP contribution in [0.3, 0.4) is 0 Å². The third kappa shape index (κ3) is 1.49. The largest absolute Gasteiger partial charge is 0.365 e. The molecule has 0 bridgehead atoms. The van der Waals surface area contributed by atoms with E-state index in [1.54, 1.807) is 0 Å². The second-order valence-corrected chi connectivity index (χ2v) is 2.38. The zero-order valence-corrected chi connectivity index (χ0v) is 7.81. The molecule has 0 aliphatic carbocycles. The van der Waals surface area contributed by atoms with E-state index in [0.717, 1.165) is 18.2 Å². The maximum absolute atomic E-state index is 4.15. The van der Waals surface area contributed by atoms with Gasteiger partial charge in [-0.05, 0) is 18.6 Å². The van der Waals surface area contributed by atoms with Crippen molar-refractivity contribution in [2.24, 2.45) is 0 Å². The van der Waals surface area contributed by atoms with E-state index >= 15 is 0 Å². The summed E-state index contributed by atoms with van der Waals surface area (Å²) in [5.41, 5.74) is 2.39. The summed E-state index contributed by atoms with van der Waals surface area (Å²) in [5, 5.41) is 6.31.